The van der Waals surface area contributed by atoms with Gasteiger partial charge < -0.3 is 9.47 Å². The number of ether oxygens (including phenoxy) is 2. The zero-order valence-electron chi connectivity index (χ0n) is 9.70. The second kappa shape index (κ2) is 5.48. The Bertz CT molecular complexity index is 402. The molecule has 90 valence electrons. The largest absolute Gasteiger partial charge is 0.477 e. The fourth-order valence-electron chi connectivity index (χ4n) is 1.80. The van der Waals surface area contributed by atoms with Crippen LogP contribution in [0.5, 0.6) is 0 Å². The van der Waals surface area contributed by atoms with E-state index in [4.69, 9.17) is 9.47 Å². The third kappa shape index (κ3) is 2.84. The summed E-state index contributed by atoms with van der Waals surface area (Å²) in [6, 6.07) is 9.36. The molecule has 0 saturated heterocycles. The van der Waals surface area contributed by atoms with E-state index >= 15 is 0 Å². The van der Waals surface area contributed by atoms with Crippen LogP contribution in [-0.4, -0.2) is 31.1 Å². The zero-order chi connectivity index (χ0) is 12.1. The smallest absolute Gasteiger partial charge is 0.334 e. The SMILES string of the molecule is CCOC(=O)C1N=COC1Cc1ccccc1. The number of carbonyl (C=O) groups excluding carboxylic acids is 1. The minimum atomic E-state index is -0.532. The summed E-state index contributed by atoms with van der Waals surface area (Å²) in [6.07, 6.45) is 1.75. The number of hydrogen-bond donors (Lipinski definition) is 0. The van der Waals surface area contributed by atoms with Crippen LogP contribution in [0.25, 0.3) is 0 Å². The number of nitrogens with zero attached hydrogens (tertiary/aromatic N) is 1. The van der Waals surface area contributed by atoms with Gasteiger partial charge in [0.15, 0.2) is 12.4 Å². The molecular weight excluding hydrogens is 218 g/mol. The minimum absolute atomic E-state index is 0.253. The third-order valence-corrected chi connectivity index (χ3v) is 2.62. The van der Waals surface area contributed by atoms with Gasteiger partial charge >= 0.3 is 5.97 Å². The predicted molar refractivity (Wildman–Crippen MR) is 63.9 cm³/mol. The summed E-state index contributed by atoms with van der Waals surface area (Å²) < 4.78 is 10.3. The van der Waals surface area contributed by atoms with E-state index in [9.17, 15) is 4.79 Å². The molecule has 1 aliphatic rings. The van der Waals surface area contributed by atoms with Crippen molar-refractivity contribution in [1.82, 2.24) is 0 Å². The molecule has 0 N–H and O–H groups in total. The molecule has 17 heavy (non-hydrogen) atoms. The summed E-state index contributed by atoms with van der Waals surface area (Å²) in [4.78, 5) is 15.6. The summed E-state index contributed by atoms with van der Waals surface area (Å²) in [5, 5.41) is 0. The zero-order valence-corrected chi connectivity index (χ0v) is 9.70. The Labute approximate surface area is 100 Å². The van der Waals surface area contributed by atoms with Crippen LogP contribution in [0.4, 0.5) is 0 Å². The van der Waals surface area contributed by atoms with Crippen molar-refractivity contribution in [2.45, 2.75) is 25.5 Å². The van der Waals surface area contributed by atoms with Gasteiger partial charge in [0.1, 0.15) is 6.10 Å². The summed E-state index contributed by atoms with van der Waals surface area (Å²) in [5.41, 5.74) is 1.12. The summed E-state index contributed by atoms with van der Waals surface area (Å²) in [7, 11) is 0. The Balaban J connectivity index is 1.99. The van der Waals surface area contributed by atoms with Crippen molar-refractivity contribution < 1.29 is 14.3 Å². The lowest BCUT2D eigenvalue weighted by molar-refractivity contribution is -0.146. The molecule has 0 bridgehead atoms. The molecule has 1 aliphatic heterocycles. The van der Waals surface area contributed by atoms with Gasteiger partial charge in [0.25, 0.3) is 0 Å². The molecule has 0 aromatic heterocycles. The van der Waals surface area contributed by atoms with Crippen LogP contribution < -0.4 is 0 Å². The molecule has 1 heterocycles. The van der Waals surface area contributed by atoms with Gasteiger partial charge in [-0.25, -0.2) is 9.79 Å². The van der Waals surface area contributed by atoms with Crippen LogP contribution in [0.3, 0.4) is 0 Å². The van der Waals surface area contributed by atoms with E-state index < -0.39 is 6.04 Å². The lowest BCUT2D eigenvalue weighted by Gasteiger charge is -2.15. The van der Waals surface area contributed by atoms with Crippen LogP contribution in [-0.2, 0) is 20.7 Å². The van der Waals surface area contributed by atoms with Crippen LogP contribution in [0.1, 0.15) is 12.5 Å². The highest BCUT2D eigenvalue weighted by molar-refractivity contribution is 5.79. The van der Waals surface area contributed by atoms with Gasteiger partial charge in [-0.05, 0) is 12.5 Å². The van der Waals surface area contributed by atoms with Crippen LogP contribution in [0, 0.1) is 0 Å². The number of hydrogen-bond acceptors (Lipinski definition) is 4. The second-order valence-electron chi connectivity index (χ2n) is 3.82. The quantitative estimate of drug-likeness (QED) is 0.742. The molecule has 4 nitrogen and oxygen atoms in total. The average Bonchev–Trinajstić information content (AvgIpc) is 2.79. The highest BCUT2D eigenvalue weighted by Crippen LogP contribution is 2.16. The van der Waals surface area contributed by atoms with E-state index in [0.717, 1.165) is 5.56 Å². The van der Waals surface area contributed by atoms with Crippen LogP contribution in [0.15, 0.2) is 35.3 Å². The van der Waals surface area contributed by atoms with Gasteiger partial charge in [-0.3, -0.25) is 0 Å². The van der Waals surface area contributed by atoms with E-state index in [-0.39, 0.29) is 12.1 Å². The molecule has 2 atom stereocenters. The van der Waals surface area contributed by atoms with Gasteiger partial charge in [-0.2, -0.15) is 0 Å². The molecule has 0 amide bonds. The van der Waals surface area contributed by atoms with E-state index in [2.05, 4.69) is 4.99 Å². The number of esters is 1. The third-order valence-electron chi connectivity index (χ3n) is 2.62. The van der Waals surface area contributed by atoms with Gasteiger partial charge in [-0.15, -0.1) is 0 Å². The van der Waals surface area contributed by atoms with E-state index in [1.807, 2.05) is 30.3 Å². The van der Waals surface area contributed by atoms with E-state index in [0.29, 0.717) is 13.0 Å². The van der Waals surface area contributed by atoms with Gasteiger partial charge in [0, 0.05) is 6.42 Å². The van der Waals surface area contributed by atoms with Crippen molar-refractivity contribution in [3.63, 3.8) is 0 Å². The first kappa shape index (κ1) is 11.6. The number of carbonyl (C=O) groups is 1. The normalized spacial score (nSPS) is 22.2. The second-order valence-corrected chi connectivity index (χ2v) is 3.82. The molecule has 2 rings (SSSR count). The predicted octanol–water partition coefficient (Wildman–Crippen LogP) is 1.59. The van der Waals surface area contributed by atoms with E-state index in [1.54, 1.807) is 6.92 Å². The maximum absolute atomic E-state index is 11.6. The van der Waals surface area contributed by atoms with E-state index in [1.165, 1.54) is 6.40 Å². The molecular formula is C13H15NO3. The van der Waals surface area contributed by atoms with Gasteiger partial charge in [0.2, 0.25) is 0 Å². The highest BCUT2D eigenvalue weighted by atomic mass is 16.5. The maximum Gasteiger partial charge on any atom is 0.334 e. The average molecular weight is 233 g/mol. The fraction of sp³-hybridized carbons (Fsp3) is 0.385. The number of benzene rings is 1. The molecule has 1 aromatic carbocycles. The number of aliphatic imine (C=N–C) groups is 1. The lowest BCUT2D eigenvalue weighted by Crippen LogP contribution is -2.33. The van der Waals surface area contributed by atoms with Crippen LogP contribution >= 0.6 is 0 Å². The van der Waals surface area contributed by atoms with Crippen molar-refractivity contribution in [2.75, 3.05) is 6.61 Å². The Hall–Kier alpha value is -1.84. The van der Waals surface area contributed by atoms with Crippen LogP contribution in [0.2, 0.25) is 0 Å². The first-order valence-electron chi connectivity index (χ1n) is 5.69. The summed E-state index contributed by atoms with van der Waals surface area (Å²) >= 11 is 0. The first-order valence-corrected chi connectivity index (χ1v) is 5.69. The minimum Gasteiger partial charge on any atom is -0.477 e. The molecule has 0 saturated carbocycles. The molecule has 0 spiro atoms. The van der Waals surface area contributed by atoms with Crippen molar-refractivity contribution in [1.29, 1.82) is 0 Å². The first-order chi connectivity index (χ1) is 8.31. The topological polar surface area (TPSA) is 47.9 Å². The molecule has 2 unspecified atom stereocenters. The fourth-order valence-corrected chi connectivity index (χ4v) is 1.80. The number of rotatable bonds is 4. The van der Waals surface area contributed by atoms with Crippen molar-refractivity contribution in [3.05, 3.63) is 35.9 Å². The maximum atomic E-state index is 11.6. The van der Waals surface area contributed by atoms with Crippen molar-refractivity contribution in [3.8, 4) is 0 Å². The Morgan fingerprint density at radius 2 is 2.18 bits per heavy atom. The Kier molecular flexibility index (Phi) is 3.75. The molecule has 0 fully saturated rings. The highest BCUT2D eigenvalue weighted by Gasteiger charge is 2.33. The summed E-state index contributed by atoms with van der Waals surface area (Å²) in [6.45, 7) is 2.15. The molecule has 0 aliphatic carbocycles. The van der Waals surface area contributed by atoms with Gasteiger partial charge in [-0.1, -0.05) is 30.3 Å². The summed E-state index contributed by atoms with van der Waals surface area (Å²) in [5.74, 6) is -0.317. The Morgan fingerprint density at radius 3 is 2.88 bits per heavy atom. The Morgan fingerprint density at radius 1 is 1.41 bits per heavy atom. The molecule has 1 aromatic rings. The monoisotopic (exact) mass is 233 g/mol. The molecule has 0 radical (unpaired) electrons. The van der Waals surface area contributed by atoms with Crippen molar-refractivity contribution in [2.24, 2.45) is 4.99 Å². The molecule has 4 heteroatoms. The standard InChI is InChI=1S/C13H15NO3/c1-2-16-13(15)12-11(17-9-14-12)8-10-6-4-3-5-7-10/h3-7,9,11-12H,2,8H2,1H3. The lowest BCUT2D eigenvalue weighted by atomic mass is 10.0. The van der Waals surface area contributed by atoms with Crippen molar-refractivity contribution >= 4 is 12.4 Å². The van der Waals surface area contributed by atoms with Gasteiger partial charge in [0.05, 0.1) is 6.61 Å².